The number of aliphatic hydroxyl groups excluding tert-OH is 1. The molecule has 1 unspecified atom stereocenters. The molecular weight excluding hydrogens is 366 g/mol. The van der Waals surface area contributed by atoms with Crippen molar-refractivity contribution in [2.24, 2.45) is 0 Å². The maximum absolute atomic E-state index is 13.0. The van der Waals surface area contributed by atoms with Crippen molar-refractivity contribution in [2.45, 2.75) is 37.2 Å². The fourth-order valence-corrected chi connectivity index (χ4v) is 5.60. The van der Waals surface area contributed by atoms with Gasteiger partial charge in [-0.1, -0.05) is 18.9 Å². The molecule has 1 saturated carbocycles. The molecule has 4 nitrogen and oxygen atoms in total. The lowest BCUT2D eigenvalue weighted by Gasteiger charge is -2.27. The first-order valence-corrected chi connectivity index (χ1v) is 10.5. The number of nitrogens with one attached hydrogen (secondary N) is 1. The van der Waals surface area contributed by atoms with Crippen LogP contribution >= 0.6 is 22.7 Å². The van der Waals surface area contributed by atoms with E-state index in [1.165, 1.54) is 11.3 Å². The highest BCUT2D eigenvalue weighted by Gasteiger charge is 2.43. The summed E-state index contributed by atoms with van der Waals surface area (Å²) in [6, 6.07) is 11.6. The van der Waals surface area contributed by atoms with Crippen LogP contribution in [0.3, 0.4) is 0 Å². The van der Waals surface area contributed by atoms with E-state index in [9.17, 15) is 9.90 Å². The summed E-state index contributed by atoms with van der Waals surface area (Å²) in [4.78, 5) is 15.9. The van der Waals surface area contributed by atoms with Crippen molar-refractivity contribution in [3.8, 4) is 10.6 Å². The van der Waals surface area contributed by atoms with Crippen LogP contribution in [-0.2, 0) is 10.2 Å². The molecule has 26 heavy (non-hydrogen) atoms. The molecule has 0 radical (unpaired) electrons. The maximum atomic E-state index is 13.0. The van der Waals surface area contributed by atoms with E-state index in [4.69, 9.17) is 4.42 Å². The van der Waals surface area contributed by atoms with E-state index in [1.54, 1.807) is 17.6 Å². The molecule has 0 saturated heterocycles. The molecule has 1 aliphatic rings. The SMILES string of the molecule is O=C(NCC(O)c1ccc(-c2ccco2)s1)C1(c2cccs2)CCCC1. The molecule has 4 rings (SSSR count). The first kappa shape index (κ1) is 17.5. The Morgan fingerprint density at radius 1 is 1.23 bits per heavy atom. The number of aliphatic hydroxyl groups is 1. The van der Waals surface area contributed by atoms with Gasteiger partial charge in [0.2, 0.25) is 5.91 Å². The van der Waals surface area contributed by atoms with Gasteiger partial charge >= 0.3 is 0 Å². The van der Waals surface area contributed by atoms with Gasteiger partial charge in [-0.15, -0.1) is 22.7 Å². The fraction of sp³-hybridized carbons (Fsp3) is 0.350. The van der Waals surface area contributed by atoms with Crippen molar-refractivity contribution >= 4 is 28.6 Å². The Morgan fingerprint density at radius 3 is 2.77 bits per heavy atom. The monoisotopic (exact) mass is 387 g/mol. The van der Waals surface area contributed by atoms with Crippen LogP contribution in [-0.4, -0.2) is 17.6 Å². The number of furan rings is 1. The number of thiophene rings is 2. The number of hydrogen-bond acceptors (Lipinski definition) is 5. The molecule has 6 heteroatoms. The number of carbonyl (C=O) groups is 1. The fourth-order valence-electron chi connectivity index (χ4n) is 3.66. The lowest BCUT2D eigenvalue weighted by atomic mass is 9.83. The average Bonchev–Trinajstić information content (AvgIpc) is 3.42. The van der Waals surface area contributed by atoms with Crippen molar-refractivity contribution in [3.63, 3.8) is 0 Å². The zero-order chi connectivity index (χ0) is 18.0. The molecule has 0 aliphatic heterocycles. The molecule has 1 fully saturated rings. The summed E-state index contributed by atoms with van der Waals surface area (Å²) in [7, 11) is 0. The lowest BCUT2D eigenvalue weighted by Crippen LogP contribution is -2.43. The van der Waals surface area contributed by atoms with Crippen molar-refractivity contribution in [1.29, 1.82) is 0 Å². The third kappa shape index (κ3) is 3.24. The number of carbonyl (C=O) groups excluding carboxylic acids is 1. The average molecular weight is 388 g/mol. The van der Waals surface area contributed by atoms with Gasteiger partial charge in [0, 0.05) is 16.3 Å². The Kier molecular flexibility index (Phi) is 4.98. The number of hydrogen-bond donors (Lipinski definition) is 2. The summed E-state index contributed by atoms with van der Waals surface area (Å²) < 4.78 is 5.39. The summed E-state index contributed by atoms with van der Waals surface area (Å²) in [5, 5.41) is 15.5. The smallest absolute Gasteiger partial charge is 0.231 e. The molecule has 136 valence electrons. The van der Waals surface area contributed by atoms with E-state index in [0.717, 1.165) is 46.1 Å². The second-order valence-corrected chi connectivity index (χ2v) is 8.73. The quantitative estimate of drug-likeness (QED) is 0.643. The van der Waals surface area contributed by atoms with Crippen molar-refractivity contribution in [1.82, 2.24) is 5.32 Å². The van der Waals surface area contributed by atoms with Crippen LogP contribution in [0.2, 0.25) is 0 Å². The second kappa shape index (κ2) is 7.39. The van der Waals surface area contributed by atoms with Crippen LogP contribution in [0.15, 0.2) is 52.5 Å². The van der Waals surface area contributed by atoms with Gasteiger partial charge in [0.25, 0.3) is 0 Å². The van der Waals surface area contributed by atoms with Gasteiger partial charge in [0.15, 0.2) is 0 Å². The van der Waals surface area contributed by atoms with Crippen LogP contribution < -0.4 is 5.32 Å². The van der Waals surface area contributed by atoms with Crippen molar-refractivity contribution in [3.05, 3.63) is 57.8 Å². The highest BCUT2D eigenvalue weighted by atomic mass is 32.1. The van der Waals surface area contributed by atoms with E-state index in [0.29, 0.717) is 0 Å². The Labute approximate surface area is 160 Å². The predicted molar refractivity (Wildman–Crippen MR) is 104 cm³/mol. The highest BCUT2D eigenvalue weighted by Crippen LogP contribution is 2.43. The van der Waals surface area contributed by atoms with E-state index < -0.39 is 11.5 Å². The van der Waals surface area contributed by atoms with Gasteiger partial charge in [-0.3, -0.25) is 4.79 Å². The van der Waals surface area contributed by atoms with Crippen molar-refractivity contribution < 1.29 is 14.3 Å². The molecule has 1 amide bonds. The minimum atomic E-state index is -0.713. The van der Waals surface area contributed by atoms with Crippen LogP contribution in [0, 0.1) is 0 Å². The molecule has 0 aromatic carbocycles. The maximum Gasteiger partial charge on any atom is 0.231 e. The summed E-state index contributed by atoms with van der Waals surface area (Å²) in [5.41, 5.74) is -0.414. The van der Waals surface area contributed by atoms with E-state index in [-0.39, 0.29) is 12.5 Å². The molecule has 0 spiro atoms. The minimum Gasteiger partial charge on any atom is -0.464 e. The molecule has 1 atom stereocenters. The lowest BCUT2D eigenvalue weighted by molar-refractivity contribution is -0.127. The first-order valence-electron chi connectivity index (χ1n) is 8.83. The Hall–Kier alpha value is -1.89. The van der Waals surface area contributed by atoms with Crippen LogP contribution in [0.1, 0.15) is 41.5 Å². The molecule has 3 heterocycles. The standard InChI is InChI=1S/C20H21NO3S2/c22-14(16-7-8-17(26-16)15-5-3-11-24-15)13-21-19(23)20(9-1-2-10-20)18-6-4-12-25-18/h3-8,11-12,14,22H,1-2,9-10,13H2,(H,21,23). The molecular formula is C20H21NO3S2. The van der Waals surface area contributed by atoms with E-state index in [1.807, 2.05) is 35.7 Å². The predicted octanol–water partition coefficient (Wildman–Crippen LogP) is 4.73. The summed E-state index contributed by atoms with van der Waals surface area (Å²) in [6.07, 6.45) is 4.84. The summed E-state index contributed by atoms with van der Waals surface area (Å²) in [6.45, 7) is 0.226. The Balaban J connectivity index is 1.42. The molecule has 3 aromatic heterocycles. The second-order valence-electron chi connectivity index (χ2n) is 6.67. The first-order chi connectivity index (χ1) is 12.7. The van der Waals surface area contributed by atoms with Crippen LogP contribution in [0.4, 0.5) is 0 Å². The van der Waals surface area contributed by atoms with Crippen molar-refractivity contribution in [2.75, 3.05) is 6.54 Å². The third-order valence-electron chi connectivity index (χ3n) is 5.06. The highest BCUT2D eigenvalue weighted by molar-refractivity contribution is 7.15. The Morgan fingerprint density at radius 2 is 2.08 bits per heavy atom. The van der Waals surface area contributed by atoms with Crippen LogP contribution in [0.5, 0.6) is 0 Å². The molecule has 2 N–H and O–H groups in total. The topological polar surface area (TPSA) is 62.5 Å². The minimum absolute atomic E-state index is 0.0410. The molecule has 1 aliphatic carbocycles. The third-order valence-corrected chi connectivity index (χ3v) is 7.33. The van der Waals surface area contributed by atoms with Crippen LogP contribution in [0.25, 0.3) is 10.6 Å². The number of amides is 1. The molecule has 0 bridgehead atoms. The van der Waals surface area contributed by atoms with E-state index >= 15 is 0 Å². The van der Waals surface area contributed by atoms with E-state index in [2.05, 4.69) is 11.4 Å². The summed E-state index contributed by atoms with van der Waals surface area (Å²) >= 11 is 3.13. The summed E-state index contributed by atoms with van der Waals surface area (Å²) in [5.74, 6) is 0.833. The van der Waals surface area contributed by atoms with Gasteiger partial charge in [0.05, 0.1) is 16.6 Å². The largest absolute Gasteiger partial charge is 0.464 e. The van der Waals surface area contributed by atoms with Gasteiger partial charge in [0.1, 0.15) is 11.9 Å². The Bertz CT molecular complexity index is 846. The van der Waals surface area contributed by atoms with Gasteiger partial charge < -0.3 is 14.8 Å². The molecule has 3 aromatic rings. The van der Waals surface area contributed by atoms with Gasteiger partial charge in [-0.05, 0) is 48.6 Å². The normalized spacial score (nSPS) is 17.3. The zero-order valence-electron chi connectivity index (χ0n) is 14.3. The van der Waals surface area contributed by atoms with Gasteiger partial charge in [-0.25, -0.2) is 0 Å². The van der Waals surface area contributed by atoms with Gasteiger partial charge in [-0.2, -0.15) is 0 Å². The zero-order valence-corrected chi connectivity index (χ0v) is 15.9. The number of rotatable bonds is 6.